The Morgan fingerprint density at radius 3 is 2.68 bits per heavy atom. The second kappa shape index (κ2) is 6.44. The first-order valence-corrected chi connectivity index (χ1v) is 8.24. The average molecular weight is 357 g/mol. The number of hydrogen-bond donors (Lipinski definition) is 0. The molecule has 0 aliphatic carbocycles. The molecule has 0 bridgehead atoms. The summed E-state index contributed by atoms with van der Waals surface area (Å²) in [4.78, 5) is 17.0. The summed E-state index contributed by atoms with van der Waals surface area (Å²) < 4.78 is 2.80. The number of pyridine rings is 2. The number of hydrogen-bond acceptors (Lipinski definition) is 2. The Labute approximate surface area is 137 Å². The highest BCUT2D eigenvalue weighted by molar-refractivity contribution is 9.10. The first kappa shape index (κ1) is 15.0. The topological polar surface area (TPSA) is 34.9 Å². The molecule has 2 heterocycles. The van der Waals surface area contributed by atoms with Crippen LogP contribution < -0.4 is 5.56 Å². The van der Waals surface area contributed by atoms with Crippen molar-refractivity contribution in [3.8, 4) is 11.1 Å². The zero-order valence-electron chi connectivity index (χ0n) is 12.4. The van der Waals surface area contributed by atoms with E-state index in [1.807, 2.05) is 36.4 Å². The Kier molecular flexibility index (Phi) is 4.39. The summed E-state index contributed by atoms with van der Waals surface area (Å²) in [5, 5.41) is 1.01. The van der Waals surface area contributed by atoms with Gasteiger partial charge in [0.15, 0.2) is 0 Å². The molecule has 0 atom stereocenters. The van der Waals surface area contributed by atoms with Gasteiger partial charge in [0.1, 0.15) is 5.65 Å². The molecule has 0 saturated carbocycles. The van der Waals surface area contributed by atoms with Crippen molar-refractivity contribution in [2.24, 2.45) is 0 Å². The van der Waals surface area contributed by atoms with Crippen LogP contribution in [-0.4, -0.2) is 9.55 Å². The maximum Gasteiger partial charge on any atom is 0.252 e. The highest BCUT2D eigenvalue weighted by atomic mass is 79.9. The number of nitrogens with zero attached hydrogens (tertiary/aromatic N) is 2. The fourth-order valence-corrected chi connectivity index (χ4v) is 2.87. The minimum Gasteiger partial charge on any atom is -0.293 e. The lowest BCUT2D eigenvalue weighted by atomic mass is 10.0. The zero-order chi connectivity index (χ0) is 15.5. The van der Waals surface area contributed by atoms with Crippen LogP contribution >= 0.6 is 15.9 Å². The molecule has 0 spiro atoms. The predicted octanol–water partition coefficient (Wildman–Crippen LogP) is 4.63. The Bertz CT molecular complexity index is 853. The van der Waals surface area contributed by atoms with Crippen LogP contribution in [0.5, 0.6) is 0 Å². The molecule has 0 fully saturated rings. The molecular formula is C18H17BrN2O. The van der Waals surface area contributed by atoms with E-state index in [1.54, 1.807) is 16.8 Å². The van der Waals surface area contributed by atoms with Crippen LogP contribution in [0.25, 0.3) is 22.2 Å². The standard InChI is InChI=1S/C18H17BrN2O/c1-2-3-11-21-17(22)12-16(13-6-8-14(19)9-7-13)15-5-4-10-20-18(15)21/h4-10,12H,2-3,11H2,1H3. The van der Waals surface area contributed by atoms with Gasteiger partial charge in [-0.05, 0) is 41.8 Å². The lowest BCUT2D eigenvalue weighted by molar-refractivity contribution is 0.627. The lowest BCUT2D eigenvalue weighted by Gasteiger charge is -2.12. The van der Waals surface area contributed by atoms with Gasteiger partial charge >= 0.3 is 0 Å². The molecule has 22 heavy (non-hydrogen) atoms. The van der Waals surface area contributed by atoms with E-state index in [1.165, 1.54) is 0 Å². The Morgan fingerprint density at radius 1 is 1.18 bits per heavy atom. The largest absolute Gasteiger partial charge is 0.293 e. The van der Waals surface area contributed by atoms with Gasteiger partial charge in [-0.2, -0.15) is 0 Å². The van der Waals surface area contributed by atoms with E-state index in [2.05, 4.69) is 27.8 Å². The molecule has 2 aromatic heterocycles. The molecule has 3 aromatic rings. The van der Waals surface area contributed by atoms with Gasteiger partial charge in [0.2, 0.25) is 0 Å². The van der Waals surface area contributed by atoms with Gasteiger partial charge in [-0.1, -0.05) is 41.4 Å². The summed E-state index contributed by atoms with van der Waals surface area (Å²) in [6.07, 6.45) is 3.77. The third-order valence-electron chi connectivity index (χ3n) is 3.76. The number of fused-ring (bicyclic) bond motifs is 1. The van der Waals surface area contributed by atoms with Crippen molar-refractivity contribution in [2.75, 3.05) is 0 Å². The molecule has 0 unspecified atom stereocenters. The maximum absolute atomic E-state index is 12.5. The van der Waals surface area contributed by atoms with Crippen molar-refractivity contribution in [3.63, 3.8) is 0 Å². The summed E-state index contributed by atoms with van der Waals surface area (Å²) >= 11 is 3.44. The smallest absolute Gasteiger partial charge is 0.252 e. The van der Waals surface area contributed by atoms with Gasteiger partial charge < -0.3 is 0 Å². The number of aromatic nitrogens is 2. The third-order valence-corrected chi connectivity index (χ3v) is 4.29. The summed E-state index contributed by atoms with van der Waals surface area (Å²) in [6, 6.07) is 13.7. The predicted molar refractivity (Wildman–Crippen MR) is 94.0 cm³/mol. The second-order valence-corrected chi connectivity index (χ2v) is 6.20. The van der Waals surface area contributed by atoms with Gasteiger partial charge in [0.25, 0.3) is 5.56 Å². The fourth-order valence-electron chi connectivity index (χ4n) is 2.61. The minimum absolute atomic E-state index is 0.0116. The van der Waals surface area contributed by atoms with Crippen molar-refractivity contribution in [1.82, 2.24) is 9.55 Å². The highest BCUT2D eigenvalue weighted by Crippen LogP contribution is 2.27. The lowest BCUT2D eigenvalue weighted by Crippen LogP contribution is -2.21. The van der Waals surface area contributed by atoms with Crippen LogP contribution in [0.1, 0.15) is 19.8 Å². The van der Waals surface area contributed by atoms with E-state index in [-0.39, 0.29) is 5.56 Å². The molecule has 0 radical (unpaired) electrons. The van der Waals surface area contributed by atoms with Crippen LogP contribution in [0.15, 0.2) is 57.9 Å². The van der Waals surface area contributed by atoms with E-state index < -0.39 is 0 Å². The molecule has 3 rings (SSSR count). The van der Waals surface area contributed by atoms with Gasteiger partial charge in [0.05, 0.1) is 0 Å². The Hall–Kier alpha value is -1.94. The van der Waals surface area contributed by atoms with Crippen LogP contribution in [0.3, 0.4) is 0 Å². The molecule has 0 amide bonds. The van der Waals surface area contributed by atoms with Crippen molar-refractivity contribution in [3.05, 3.63) is 63.5 Å². The molecule has 112 valence electrons. The number of halogens is 1. The summed E-state index contributed by atoms with van der Waals surface area (Å²) in [5.41, 5.74) is 2.74. The fraction of sp³-hybridized carbons (Fsp3) is 0.222. The molecule has 4 heteroatoms. The first-order valence-electron chi connectivity index (χ1n) is 7.45. The van der Waals surface area contributed by atoms with Crippen LogP contribution in [-0.2, 0) is 6.54 Å². The minimum atomic E-state index is 0.0116. The van der Waals surface area contributed by atoms with E-state index in [9.17, 15) is 4.79 Å². The second-order valence-electron chi connectivity index (χ2n) is 5.28. The summed E-state index contributed by atoms with van der Waals surface area (Å²) in [5.74, 6) is 0. The van der Waals surface area contributed by atoms with Crippen molar-refractivity contribution in [1.29, 1.82) is 0 Å². The number of unbranched alkanes of at least 4 members (excludes halogenated alkanes) is 1. The van der Waals surface area contributed by atoms with Crippen LogP contribution in [0, 0.1) is 0 Å². The van der Waals surface area contributed by atoms with Crippen LogP contribution in [0.4, 0.5) is 0 Å². The van der Waals surface area contributed by atoms with Crippen molar-refractivity contribution >= 4 is 27.0 Å². The van der Waals surface area contributed by atoms with Gasteiger partial charge in [-0.25, -0.2) is 4.98 Å². The van der Waals surface area contributed by atoms with E-state index in [0.717, 1.165) is 39.5 Å². The monoisotopic (exact) mass is 356 g/mol. The van der Waals surface area contributed by atoms with E-state index in [0.29, 0.717) is 6.54 Å². The molecule has 0 aliphatic rings. The van der Waals surface area contributed by atoms with E-state index >= 15 is 0 Å². The third kappa shape index (κ3) is 2.83. The molecule has 0 aliphatic heterocycles. The first-order chi connectivity index (χ1) is 10.7. The number of rotatable bonds is 4. The quantitative estimate of drug-likeness (QED) is 0.683. The normalized spacial score (nSPS) is 11.0. The summed E-state index contributed by atoms with van der Waals surface area (Å²) in [7, 11) is 0. The molecular weight excluding hydrogens is 340 g/mol. The van der Waals surface area contributed by atoms with Gasteiger partial charge in [0, 0.05) is 28.7 Å². The van der Waals surface area contributed by atoms with Gasteiger partial charge in [-0.3, -0.25) is 9.36 Å². The maximum atomic E-state index is 12.5. The SMILES string of the molecule is CCCCn1c(=O)cc(-c2ccc(Br)cc2)c2cccnc21. The average Bonchev–Trinajstić information content (AvgIpc) is 2.54. The highest BCUT2D eigenvalue weighted by Gasteiger charge is 2.11. The molecule has 3 nitrogen and oxygen atoms in total. The van der Waals surface area contributed by atoms with Gasteiger partial charge in [-0.15, -0.1) is 0 Å². The molecule has 0 saturated heterocycles. The van der Waals surface area contributed by atoms with E-state index in [4.69, 9.17) is 0 Å². The number of aryl methyl sites for hydroxylation is 1. The number of benzene rings is 1. The molecule has 0 N–H and O–H groups in total. The summed E-state index contributed by atoms with van der Waals surface area (Å²) in [6.45, 7) is 2.83. The van der Waals surface area contributed by atoms with Crippen LogP contribution in [0.2, 0.25) is 0 Å². The Morgan fingerprint density at radius 2 is 1.95 bits per heavy atom. The van der Waals surface area contributed by atoms with Crippen molar-refractivity contribution < 1.29 is 0 Å². The van der Waals surface area contributed by atoms with Crippen molar-refractivity contribution in [2.45, 2.75) is 26.3 Å². The molecule has 1 aromatic carbocycles. The Balaban J connectivity index is 2.24. The zero-order valence-corrected chi connectivity index (χ0v) is 14.0.